The third-order valence-corrected chi connectivity index (χ3v) is 4.52. The zero-order valence-corrected chi connectivity index (χ0v) is 11.9. The Balaban J connectivity index is 1.88. The molecule has 1 unspecified atom stereocenters. The van der Waals surface area contributed by atoms with E-state index in [0.29, 0.717) is 6.04 Å². The van der Waals surface area contributed by atoms with Crippen molar-refractivity contribution in [3.8, 4) is 0 Å². The maximum Gasteiger partial charge on any atom is 0.0898 e. The van der Waals surface area contributed by atoms with Gasteiger partial charge in [-0.25, -0.2) is 4.98 Å². The van der Waals surface area contributed by atoms with Gasteiger partial charge in [0.2, 0.25) is 0 Å². The smallest absolute Gasteiger partial charge is 0.0898 e. The van der Waals surface area contributed by atoms with E-state index in [-0.39, 0.29) is 0 Å². The van der Waals surface area contributed by atoms with Crippen LogP contribution in [0, 0.1) is 12.8 Å². The van der Waals surface area contributed by atoms with Gasteiger partial charge in [-0.2, -0.15) is 0 Å². The molecule has 2 heterocycles. The third-order valence-electron chi connectivity index (χ3n) is 3.73. The fourth-order valence-electron chi connectivity index (χ4n) is 2.43. The van der Waals surface area contributed by atoms with Gasteiger partial charge in [-0.15, -0.1) is 11.3 Å². The van der Waals surface area contributed by atoms with E-state index in [1.807, 2.05) is 0 Å². The number of hydrogen-bond acceptors (Lipinski definition) is 4. The van der Waals surface area contributed by atoms with Crippen molar-refractivity contribution in [1.82, 2.24) is 15.2 Å². The van der Waals surface area contributed by atoms with Crippen molar-refractivity contribution in [3.05, 3.63) is 16.1 Å². The van der Waals surface area contributed by atoms with E-state index in [4.69, 9.17) is 0 Å². The van der Waals surface area contributed by atoms with Crippen molar-refractivity contribution in [2.45, 2.75) is 32.7 Å². The molecule has 1 aliphatic heterocycles. The molecule has 4 heteroatoms. The minimum absolute atomic E-state index is 0.440. The van der Waals surface area contributed by atoms with Crippen molar-refractivity contribution in [3.63, 3.8) is 0 Å². The Hall–Kier alpha value is -0.450. The summed E-state index contributed by atoms with van der Waals surface area (Å²) in [5.41, 5.74) is 1.23. The molecule has 3 nitrogen and oxygen atoms in total. The van der Waals surface area contributed by atoms with E-state index in [9.17, 15) is 0 Å². The highest BCUT2D eigenvalue weighted by molar-refractivity contribution is 7.09. The van der Waals surface area contributed by atoms with Crippen LogP contribution in [0.25, 0.3) is 0 Å². The summed E-state index contributed by atoms with van der Waals surface area (Å²) >= 11 is 1.75. The Morgan fingerprint density at radius 3 is 2.82 bits per heavy atom. The molecule has 1 saturated heterocycles. The van der Waals surface area contributed by atoms with Gasteiger partial charge in [0.05, 0.1) is 10.7 Å². The van der Waals surface area contributed by atoms with Gasteiger partial charge in [-0.1, -0.05) is 0 Å². The highest BCUT2D eigenvalue weighted by Crippen LogP contribution is 2.23. The van der Waals surface area contributed by atoms with E-state index in [1.165, 1.54) is 43.2 Å². The Kier molecular flexibility index (Phi) is 4.54. The lowest BCUT2D eigenvalue weighted by atomic mass is 9.97. The van der Waals surface area contributed by atoms with E-state index < -0.39 is 0 Å². The summed E-state index contributed by atoms with van der Waals surface area (Å²) in [7, 11) is 2.22. The van der Waals surface area contributed by atoms with Gasteiger partial charge in [-0.05, 0) is 52.7 Å². The second-order valence-corrected chi connectivity index (χ2v) is 6.16. The molecular formula is C13H23N3S. The first-order chi connectivity index (χ1) is 8.16. The van der Waals surface area contributed by atoms with Crippen LogP contribution in [-0.2, 0) is 0 Å². The average molecular weight is 253 g/mol. The molecule has 0 radical (unpaired) electrons. The van der Waals surface area contributed by atoms with Crippen molar-refractivity contribution in [2.24, 2.45) is 5.92 Å². The number of thiazole rings is 1. The van der Waals surface area contributed by atoms with Crippen LogP contribution in [0.15, 0.2) is 5.38 Å². The molecule has 0 amide bonds. The molecule has 2 rings (SSSR count). The summed E-state index contributed by atoms with van der Waals surface area (Å²) in [6.07, 6.45) is 2.63. The van der Waals surface area contributed by atoms with Crippen LogP contribution in [-0.4, -0.2) is 36.6 Å². The lowest BCUT2D eigenvalue weighted by Crippen LogP contribution is -2.35. The summed E-state index contributed by atoms with van der Waals surface area (Å²) in [6, 6.07) is 0.440. The summed E-state index contributed by atoms with van der Waals surface area (Å²) < 4.78 is 0. The van der Waals surface area contributed by atoms with Crippen LogP contribution in [0.4, 0.5) is 0 Å². The predicted molar refractivity (Wildman–Crippen MR) is 73.5 cm³/mol. The number of rotatable bonds is 4. The summed E-state index contributed by atoms with van der Waals surface area (Å²) in [5.74, 6) is 0.850. The molecule has 1 N–H and O–H groups in total. The van der Waals surface area contributed by atoms with Gasteiger partial charge in [0.1, 0.15) is 0 Å². The van der Waals surface area contributed by atoms with E-state index in [2.05, 4.69) is 41.5 Å². The van der Waals surface area contributed by atoms with Crippen molar-refractivity contribution >= 4 is 11.3 Å². The maximum absolute atomic E-state index is 4.59. The van der Waals surface area contributed by atoms with Gasteiger partial charge < -0.3 is 5.32 Å². The minimum atomic E-state index is 0.440. The first-order valence-electron chi connectivity index (χ1n) is 6.50. The molecule has 1 aliphatic rings. The highest BCUT2D eigenvalue weighted by atomic mass is 32.1. The second-order valence-electron chi connectivity index (χ2n) is 5.10. The predicted octanol–water partition coefficient (Wildman–Crippen LogP) is 2.44. The first-order valence-corrected chi connectivity index (χ1v) is 7.37. The molecule has 1 aromatic heterocycles. The van der Waals surface area contributed by atoms with Crippen LogP contribution in [0.3, 0.4) is 0 Å². The monoisotopic (exact) mass is 253 g/mol. The highest BCUT2D eigenvalue weighted by Gasteiger charge is 2.19. The number of aryl methyl sites for hydroxylation is 1. The fourth-order valence-corrected chi connectivity index (χ4v) is 3.13. The first kappa shape index (κ1) is 13.0. The van der Waals surface area contributed by atoms with Gasteiger partial charge in [0.15, 0.2) is 0 Å². The van der Waals surface area contributed by atoms with Gasteiger partial charge in [-0.3, -0.25) is 4.90 Å². The van der Waals surface area contributed by atoms with Crippen molar-refractivity contribution in [1.29, 1.82) is 0 Å². The number of hydrogen-bond donors (Lipinski definition) is 1. The molecule has 0 bridgehead atoms. The summed E-state index contributed by atoms with van der Waals surface area (Å²) in [6.45, 7) is 7.90. The number of piperidine rings is 1. The molecule has 1 aromatic rings. The van der Waals surface area contributed by atoms with Crippen LogP contribution < -0.4 is 5.32 Å². The van der Waals surface area contributed by atoms with Gasteiger partial charge >= 0.3 is 0 Å². The Bertz CT molecular complexity index is 344. The molecule has 0 spiro atoms. The Morgan fingerprint density at radius 1 is 1.53 bits per heavy atom. The lowest BCUT2D eigenvalue weighted by molar-refractivity contribution is 0.194. The normalized spacial score (nSPS) is 19.8. The average Bonchev–Trinajstić information content (AvgIpc) is 2.76. The molecule has 0 saturated carbocycles. The molecule has 96 valence electrons. The van der Waals surface area contributed by atoms with E-state index >= 15 is 0 Å². The Labute approximate surface area is 108 Å². The molecule has 0 aromatic carbocycles. The summed E-state index contributed by atoms with van der Waals surface area (Å²) in [5, 5.41) is 6.79. The fraction of sp³-hybridized carbons (Fsp3) is 0.769. The number of aromatic nitrogens is 1. The van der Waals surface area contributed by atoms with Crippen LogP contribution in [0.2, 0.25) is 0 Å². The standard InChI is InChI=1S/C13H23N3S/c1-10(13-9-17-11(2)15-13)16(3)8-12-4-6-14-7-5-12/h9-10,12,14H,4-8H2,1-3H3. The SMILES string of the molecule is Cc1nc(C(C)N(C)CC2CCNCC2)cs1. The molecular weight excluding hydrogens is 230 g/mol. The van der Waals surface area contributed by atoms with E-state index in [1.54, 1.807) is 11.3 Å². The molecule has 17 heavy (non-hydrogen) atoms. The second kappa shape index (κ2) is 5.94. The lowest BCUT2D eigenvalue weighted by Gasteiger charge is -2.30. The molecule has 1 atom stereocenters. The van der Waals surface area contributed by atoms with Gasteiger partial charge in [0, 0.05) is 18.0 Å². The van der Waals surface area contributed by atoms with Crippen LogP contribution in [0.1, 0.15) is 36.5 Å². The zero-order chi connectivity index (χ0) is 12.3. The van der Waals surface area contributed by atoms with Crippen LogP contribution >= 0.6 is 11.3 Å². The molecule has 0 aliphatic carbocycles. The van der Waals surface area contributed by atoms with Gasteiger partial charge in [0.25, 0.3) is 0 Å². The Morgan fingerprint density at radius 2 is 2.24 bits per heavy atom. The number of nitrogens with zero attached hydrogens (tertiary/aromatic N) is 2. The third kappa shape index (κ3) is 3.50. The topological polar surface area (TPSA) is 28.2 Å². The maximum atomic E-state index is 4.59. The quantitative estimate of drug-likeness (QED) is 0.893. The minimum Gasteiger partial charge on any atom is -0.317 e. The van der Waals surface area contributed by atoms with Crippen LogP contribution in [0.5, 0.6) is 0 Å². The number of nitrogens with one attached hydrogen (secondary N) is 1. The van der Waals surface area contributed by atoms with Crippen molar-refractivity contribution in [2.75, 3.05) is 26.7 Å². The van der Waals surface area contributed by atoms with Crippen molar-refractivity contribution < 1.29 is 0 Å². The summed E-state index contributed by atoms with van der Waals surface area (Å²) in [4.78, 5) is 7.04. The molecule has 1 fully saturated rings. The van der Waals surface area contributed by atoms with E-state index in [0.717, 1.165) is 5.92 Å². The zero-order valence-electron chi connectivity index (χ0n) is 11.1. The largest absolute Gasteiger partial charge is 0.317 e.